The molecule has 0 radical (unpaired) electrons. The van der Waals surface area contributed by atoms with E-state index in [9.17, 15) is 4.79 Å². The predicted octanol–water partition coefficient (Wildman–Crippen LogP) is 3.67. The molecule has 0 saturated heterocycles. The quantitative estimate of drug-likeness (QED) is 0.790. The molecule has 112 valence electrons. The highest BCUT2D eigenvalue weighted by Gasteiger charge is 2.46. The molecule has 0 N–H and O–H groups in total. The van der Waals surface area contributed by atoms with Crippen molar-refractivity contribution in [2.24, 2.45) is 5.10 Å². The highest BCUT2D eigenvalue weighted by molar-refractivity contribution is 5.96. The Hall–Kier alpha value is -1.84. The van der Waals surface area contributed by atoms with Crippen LogP contribution in [0.2, 0.25) is 0 Å². The van der Waals surface area contributed by atoms with Crippen LogP contribution in [0.25, 0.3) is 0 Å². The van der Waals surface area contributed by atoms with Crippen LogP contribution in [-0.2, 0) is 9.53 Å². The van der Waals surface area contributed by atoms with Crippen LogP contribution in [0.5, 0.6) is 0 Å². The number of nitrogens with zero attached hydrogens (tertiary/aromatic N) is 2. The van der Waals surface area contributed by atoms with Crippen LogP contribution < -0.4 is 0 Å². The Kier molecular flexibility index (Phi) is 3.95. The van der Waals surface area contributed by atoms with E-state index in [0.29, 0.717) is 5.90 Å². The number of ether oxygens (including phenoxy) is 1. The first-order valence-electron chi connectivity index (χ1n) is 7.85. The number of benzene rings is 1. The number of carbonyl (C=O) groups excluding carboxylic acids is 1. The van der Waals surface area contributed by atoms with Gasteiger partial charge in [0.2, 0.25) is 17.5 Å². The van der Waals surface area contributed by atoms with Gasteiger partial charge in [-0.05, 0) is 25.0 Å². The Morgan fingerprint density at radius 1 is 1.10 bits per heavy atom. The zero-order chi connectivity index (χ0) is 14.7. The van der Waals surface area contributed by atoms with Gasteiger partial charge in [-0.15, -0.1) is 5.10 Å². The van der Waals surface area contributed by atoms with Gasteiger partial charge in [0, 0.05) is 25.3 Å². The van der Waals surface area contributed by atoms with Crippen LogP contribution in [0.3, 0.4) is 0 Å². The lowest BCUT2D eigenvalue weighted by molar-refractivity contribution is -0.150. The van der Waals surface area contributed by atoms with Crippen LogP contribution in [0, 0.1) is 0 Å². The second-order valence-electron chi connectivity index (χ2n) is 5.92. The first-order chi connectivity index (χ1) is 10.2. The SMILES string of the molecule is CC(=O)N1N=C(c2ccccc2)OC12CCCCCCC2. The van der Waals surface area contributed by atoms with Crippen molar-refractivity contribution in [2.75, 3.05) is 0 Å². The van der Waals surface area contributed by atoms with Gasteiger partial charge < -0.3 is 4.74 Å². The summed E-state index contributed by atoms with van der Waals surface area (Å²) in [4.78, 5) is 12.0. The van der Waals surface area contributed by atoms with Gasteiger partial charge in [-0.1, -0.05) is 37.5 Å². The topological polar surface area (TPSA) is 41.9 Å². The third-order valence-corrected chi connectivity index (χ3v) is 4.32. The summed E-state index contributed by atoms with van der Waals surface area (Å²) in [6.45, 7) is 1.57. The fourth-order valence-electron chi connectivity index (χ4n) is 3.25. The molecule has 1 amide bonds. The summed E-state index contributed by atoms with van der Waals surface area (Å²) in [6.07, 6.45) is 7.60. The third kappa shape index (κ3) is 2.80. The molecule has 1 spiro atoms. The average Bonchev–Trinajstić information content (AvgIpc) is 2.85. The number of hydrazone groups is 1. The maximum atomic E-state index is 12.0. The molecule has 0 bridgehead atoms. The van der Waals surface area contributed by atoms with E-state index >= 15 is 0 Å². The number of amides is 1. The molecular weight excluding hydrogens is 264 g/mol. The molecular formula is C17H22N2O2. The van der Waals surface area contributed by atoms with Gasteiger partial charge in [-0.25, -0.2) is 0 Å². The fraction of sp³-hybridized carbons (Fsp3) is 0.529. The normalized spacial score (nSPS) is 21.4. The number of hydrogen-bond donors (Lipinski definition) is 0. The lowest BCUT2D eigenvalue weighted by atomic mass is 9.93. The summed E-state index contributed by atoms with van der Waals surface area (Å²) >= 11 is 0. The molecule has 1 heterocycles. The van der Waals surface area contributed by atoms with E-state index in [-0.39, 0.29) is 5.91 Å². The van der Waals surface area contributed by atoms with Crippen molar-refractivity contribution in [3.8, 4) is 0 Å². The molecule has 1 aliphatic heterocycles. The monoisotopic (exact) mass is 286 g/mol. The molecule has 0 aromatic heterocycles. The minimum atomic E-state index is -0.558. The molecule has 21 heavy (non-hydrogen) atoms. The Balaban J connectivity index is 1.90. The minimum Gasteiger partial charge on any atom is -0.447 e. The number of rotatable bonds is 1. The first-order valence-corrected chi connectivity index (χ1v) is 7.85. The van der Waals surface area contributed by atoms with E-state index in [1.54, 1.807) is 11.9 Å². The van der Waals surface area contributed by atoms with Gasteiger partial charge in [-0.2, -0.15) is 5.01 Å². The highest BCUT2D eigenvalue weighted by atomic mass is 16.6. The Morgan fingerprint density at radius 3 is 2.33 bits per heavy atom. The van der Waals surface area contributed by atoms with E-state index < -0.39 is 5.72 Å². The molecule has 4 nitrogen and oxygen atoms in total. The number of hydrogen-bond acceptors (Lipinski definition) is 3. The summed E-state index contributed by atoms with van der Waals surface area (Å²) in [5.74, 6) is 0.535. The number of carbonyl (C=O) groups is 1. The summed E-state index contributed by atoms with van der Waals surface area (Å²) in [5.41, 5.74) is 0.375. The van der Waals surface area contributed by atoms with Gasteiger partial charge in [0.1, 0.15) is 0 Å². The van der Waals surface area contributed by atoms with Crippen LogP contribution in [0.1, 0.15) is 57.4 Å². The molecule has 1 fully saturated rings. The lowest BCUT2D eigenvalue weighted by Gasteiger charge is -2.35. The molecule has 0 unspecified atom stereocenters. The zero-order valence-electron chi connectivity index (χ0n) is 12.5. The highest BCUT2D eigenvalue weighted by Crippen LogP contribution is 2.38. The molecule has 1 aliphatic carbocycles. The fourth-order valence-corrected chi connectivity index (χ4v) is 3.25. The van der Waals surface area contributed by atoms with Gasteiger partial charge >= 0.3 is 0 Å². The first kappa shape index (κ1) is 14.1. The maximum absolute atomic E-state index is 12.0. The molecule has 0 atom stereocenters. The van der Waals surface area contributed by atoms with Crippen molar-refractivity contribution < 1.29 is 9.53 Å². The second-order valence-corrected chi connectivity index (χ2v) is 5.92. The largest absolute Gasteiger partial charge is 0.447 e. The molecule has 1 aromatic rings. The molecule has 2 aliphatic rings. The standard InChI is InChI=1S/C17H22N2O2/c1-14(20)19-17(12-8-3-2-4-9-13-17)21-16(18-19)15-10-6-5-7-11-15/h5-7,10-11H,2-4,8-9,12-13H2,1H3. The van der Waals surface area contributed by atoms with E-state index in [4.69, 9.17) is 4.74 Å². The van der Waals surface area contributed by atoms with Crippen molar-refractivity contribution in [3.63, 3.8) is 0 Å². The lowest BCUT2D eigenvalue weighted by Crippen LogP contribution is -2.47. The van der Waals surface area contributed by atoms with Gasteiger partial charge in [0.05, 0.1) is 0 Å². The van der Waals surface area contributed by atoms with Crippen molar-refractivity contribution >= 4 is 11.8 Å². The van der Waals surface area contributed by atoms with Crippen LogP contribution in [0.15, 0.2) is 35.4 Å². The Labute approximate surface area is 125 Å². The summed E-state index contributed by atoms with van der Waals surface area (Å²) in [5, 5.41) is 6.07. The Morgan fingerprint density at radius 2 is 1.71 bits per heavy atom. The van der Waals surface area contributed by atoms with Gasteiger partial charge in [0.15, 0.2) is 0 Å². The van der Waals surface area contributed by atoms with E-state index in [1.807, 2.05) is 30.3 Å². The Bertz CT molecular complexity index is 531. The summed E-state index contributed by atoms with van der Waals surface area (Å²) in [6, 6.07) is 9.83. The molecule has 1 saturated carbocycles. The average molecular weight is 286 g/mol. The van der Waals surface area contributed by atoms with E-state index in [2.05, 4.69) is 5.10 Å². The van der Waals surface area contributed by atoms with Crippen molar-refractivity contribution in [2.45, 2.75) is 57.6 Å². The van der Waals surface area contributed by atoms with Crippen LogP contribution in [-0.4, -0.2) is 22.5 Å². The van der Waals surface area contributed by atoms with Crippen molar-refractivity contribution in [1.82, 2.24) is 5.01 Å². The van der Waals surface area contributed by atoms with Crippen LogP contribution in [0.4, 0.5) is 0 Å². The smallest absolute Gasteiger partial charge is 0.243 e. The van der Waals surface area contributed by atoms with Gasteiger partial charge in [0.25, 0.3) is 0 Å². The molecule has 1 aromatic carbocycles. The zero-order valence-corrected chi connectivity index (χ0v) is 12.5. The maximum Gasteiger partial charge on any atom is 0.243 e. The summed E-state index contributed by atoms with van der Waals surface area (Å²) in [7, 11) is 0. The predicted molar refractivity (Wildman–Crippen MR) is 81.6 cm³/mol. The van der Waals surface area contributed by atoms with Crippen molar-refractivity contribution in [1.29, 1.82) is 0 Å². The van der Waals surface area contributed by atoms with E-state index in [0.717, 1.165) is 31.2 Å². The van der Waals surface area contributed by atoms with E-state index in [1.165, 1.54) is 19.3 Å². The second kappa shape index (κ2) is 5.88. The third-order valence-electron chi connectivity index (χ3n) is 4.32. The molecule has 3 rings (SSSR count). The minimum absolute atomic E-state index is 0.0403. The van der Waals surface area contributed by atoms with Crippen molar-refractivity contribution in [3.05, 3.63) is 35.9 Å². The molecule has 4 heteroatoms. The van der Waals surface area contributed by atoms with Crippen LogP contribution >= 0.6 is 0 Å². The van der Waals surface area contributed by atoms with Gasteiger partial charge in [-0.3, -0.25) is 4.79 Å². The summed E-state index contributed by atoms with van der Waals surface area (Å²) < 4.78 is 6.24.